The van der Waals surface area contributed by atoms with Crippen LogP contribution in [0.3, 0.4) is 0 Å². The molecule has 1 saturated heterocycles. The maximum Gasteiger partial charge on any atom is 0.243 e. The van der Waals surface area contributed by atoms with Crippen LogP contribution >= 0.6 is 0 Å². The summed E-state index contributed by atoms with van der Waals surface area (Å²) >= 11 is 0. The average Bonchev–Trinajstić information content (AvgIpc) is 2.46. The van der Waals surface area contributed by atoms with Gasteiger partial charge in [-0.25, -0.2) is 8.42 Å². The molecule has 5 nitrogen and oxygen atoms in total. The molecule has 1 atom stereocenters. The highest BCUT2D eigenvalue weighted by molar-refractivity contribution is 7.89. The SMILES string of the molecule is Cc1ccc(C(C)(C)C)cc1S(=O)(=O)N1CCCC(C(N)=O)C1. The highest BCUT2D eigenvalue weighted by atomic mass is 32.2. The van der Waals surface area contributed by atoms with Gasteiger partial charge in [0.25, 0.3) is 0 Å². The molecule has 6 heteroatoms. The monoisotopic (exact) mass is 338 g/mol. The summed E-state index contributed by atoms with van der Waals surface area (Å²) in [5.74, 6) is -0.824. The first-order chi connectivity index (χ1) is 10.5. The average molecular weight is 338 g/mol. The Balaban J connectivity index is 2.41. The lowest BCUT2D eigenvalue weighted by molar-refractivity contribution is -0.122. The standard InChI is InChI=1S/C17H26N2O3S/c1-12-7-8-14(17(2,3)4)10-15(12)23(21,22)19-9-5-6-13(11-19)16(18)20/h7-8,10,13H,5-6,9,11H2,1-4H3,(H2,18,20). The second kappa shape index (κ2) is 6.24. The number of hydrogen-bond donors (Lipinski definition) is 1. The Bertz CT molecular complexity index is 705. The summed E-state index contributed by atoms with van der Waals surface area (Å²) in [6.45, 7) is 8.57. The largest absolute Gasteiger partial charge is 0.369 e. The molecule has 0 bridgehead atoms. The predicted octanol–water partition coefficient (Wildman–Crippen LogP) is 2.18. The van der Waals surface area contributed by atoms with E-state index < -0.39 is 21.8 Å². The molecule has 2 rings (SSSR count). The van der Waals surface area contributed by atoms with Crippen molar-refractivity contribution >= 4 is 15.9 Å². The lowest BCUT2D eigenvalue weighted by atomic mass is 9.87. The number of benzene rings is 1. The summed E-state index contributed by atoms with van der Waals surface area (Å²) < 4.78 is 27.5. The van der Waals surface area contributed by atoms with Crippen molar-refractivity contribution in [3.63, 3.8) is 0 Å². The van der Waals surface area contributed by atoms with E-state index in [1.165, 1.54) is 4.31 Å². The van der Waals surface area contributed by atoms with Gasteiger partial charge in [-0.3, -0.25) is 4.79 Å². The second-order valence-corrected chi connectivity index (χ2v) is 9.24. The highest BCUT2D eigenvalue weighted by Crippen LogP contribution is 2.30. The van der Waals surface area contributed by atoms with Gasteiger partial charge in [0.05, 0.1) is 10.8 Å². The summed E-state index contributed by atoms with van der Waals surface area (Å²) in [6.07, 6.45) is 1.31. The van der Waals surface area contributed by atoms with Crippen LogP contribution in [-0.4, -0.2) is 31.7 Å². The van der Waals surface area contributed by atoms with E-state index in [-0.39, 0.29) is 12.0 Å². The van der Waals surface area contributed by atoms with Gasteiger partial charge in [0.2, 0.25) is 15.9 Å². The number of sulfonamides is 1. The van der Waals surface area contributed by atoms with Crippen molar-refractivity contribution in [3.8, 4) is 0 Å². The lowest BCUT2D eigenvalue weighted by Crippen LogP contribution is -2.44. The van der Waals surface area contributed by atoms with Gasteiger partial charge in [-0.2, -0.15) is 4.31 Å². The van der Waals surface area contributed by atoms with Crippen LogP contribution in [0.15, 0.2) is 23.1 Å². The van der Waals surface area contributed by atoms with Crippen molar-refractivity contribution in [1.82, 2.24) is 4.31 Å². The zero-order valence-electron chi connectivity index (χ0n) is 14.3. The molecule has 128 valence electrons. The van der Waals surface area contributed by atoms with E-state index in [1.54, 1.807) is 13.0 Å². The molecule has 1 aliphatic rings. The molecule has 0 aliphatic carbocycles. The fourth-order valence-corrected chi connectivity index (χ4v) is 4.65. The van der Waals surface area contributed by atoms with Crippen LogP contribution in [0, 0.1) is 12.8 Å². The van der Waals surface area contributed by atoms with Gasteiger partial charge in [-0.1, -0.05) is 32.9 Å². The van der Waals surface area contributed by atoms with E-state index >= 15 is 0 Å². The number of rotatable bonds is 3. The highest BCUT2D eigenvalue weighted by Gasteiger charge is 2.33. The summed E-state index contributed by atoms with van der Waals surface area (Å²) in [5, 5.41) is 0. The predicted molar refractivity (Wildman–Crippen MR) is 90.6 cm³/mol. The van der Waals surface area contributed by atoms with Gasteiger partial charge in [0.15, 0.2) is 0 Å². The van der Waals surface area contributed by atoms with Crippen molar-refractivity contribution in [2.75, 3.05) is 13.1 Å². The number of hydrogen-bond acceptors (Lipinski definition) is 3. The van der Waals surface area contributed by atoms with Crippen LogP contribution in [0.2, 0.25) is 0 Å². The lowest BCUT2D eigenvalue weighted by Gasteiger charge is -2.31. The second-order valence-electron chi connectivity index (χ2n) is 7.33. The molecule has 1 amide bonds. The van der Waals surface area contributed by atoms with Crippen LogP contribution in [0.25, 0.3) is 0 Å². The van der Waals surface area contributed by atoms with E-state index in [0.29, 0.717) is 24.3 Å². The first-order valence-electron chi connectivity index (χ1n) is 7.94. The topological polar surface area (TPSA) is 80.5 Å². The molecule has 1 aromatic rings. The van der Waals surface area contributed by atoms with Crippen LogP contribution in [0.5, 0.6) is 0 Å². The third kappa shape index (κ3) is 3.75. The van der Waals surface area contributed by atoms with E-state index in [4.69, 9.17) is 5.73 Å². The maximum absolute atomic E-state index is 13.0. The first kappa shape index (κ1) is 17.9. The van der Waals surface area contributed by atoms with Crippen LogP contribution < -0.4 is 5.73 Å². The van der Waals surface area contributed by atoms with Crippen LogP contribution in [0.1, 0.15) is 44.7 Å². The number of carbonyl (C=O) groups is 1. The van der Waals surface area contributed by atoms with E-state index in [0.717, 1.165) is 11.1 Å². The molecule has 0 aromatic heterocycles. The van der Waals surface area contributed by atoms with E-state index in [2.05, 4.69) is 20.8 Å². The Morgan fingerprint density at radius 3 is 2.52 bits per heavy atom. The number of nitrogens with two attached hydrogens (primary N) is 1. The first-order valence-corrected chi connectivity index (χ1v) is 9.38. The van der Waals surface area contributed by atoms with Crippen molar-refractivity contribution in [1.29, 1.82) is 0 Å². The van der Waals surface area contributed by atoms with Crippen LogP contribution in [0.4, 0.5) is 0 Å². The maximum atomic E-state index is 13.0. The molecule has 23 heavy (non-hydrogen) atoms. The zero-order chi connectivity index (χ0) is 17.4. The molecular formula is C17H26N2O3S. The number of primary amides is 1. The molecule has 0 spiro atoms. The normalized spacial score (nSPS) is 20.4. The van der Waals surface area contributed by atoms with Crippen molar-refractivity contribution < 1.29 is 13.2 Å². The van der Waals surface area contributed by atoms with Crippen molar-refractivity contribution in [3.05, 3.63) is 29.3 Å². The van der Waals surface area contributed by atoms with Gasteiger partial charge < -0.3 is 5.73 Å². The smallest absolute Gasteiger partial charge is 0.243 e. The Morgan fingerprint density at radius 2 is 1.96 bits per heavy atom. The minimum Gasteiger partial charge on any atom is -0.369 e. The molecule has 0 saturated carbocycles. The molecule has 1 aromatic carbocycles. The Hall–Kier alpha value is -1.40. The molecule has 1 fully saturated rings. The van der Waals surface area contributed by atoms with Gasteiger partial charge >= 0.3 is 0 Å². The number of carbonyl (C=O) groups excluding carboxylic acids is 1. The summed E-state index contributed by atoms with van der Waals surface area (Å²) in [5.41, 5.74) is 6.93. The van der Waals surface area contributed by atoms with Gasteiger partial charge in [0.1, 0.15) is 0 Å². The molecule has 1 heterocycles. The fourth-order valence-electron chi connectivity index (χ4n) is 2.88. The van der Waals surface area contributed by atoms with Gasteiger partial charge in [0, 0.05) is 13.1 Å². The Kier molecular flexibility index (Phi) is 4.87. The minimum atomic E-state index is -3.62. The fraction of sp³-hybridized carbons (Fsp3) is 0.588. The summed E-state index contributed by atoms with van der Waals surface area (Å²) in [7, 11) is -3.62. The molecule has 2 N–H and O–H groups in total. The number of aryl methyl sites for hydroxylation is 1. The van der Waals surface area contributed by atoms with E-state index in [9.17, 15) is 13.2 Å². The Morgan fingerprint density at radius 1 is 1.30 bits per heavy atom. The number of piperidine rings is 1. The quantitative estimate of drug-likeness (QED) is 0.917. The summed E-state index contributed by atoms with van der Waals surface area (Å²) in [4.78, 5) is 11.7. The van der Waals surface area contributed by atoms with Gasteiger partial charge in [-0.15, -0.1) is 0 Å². The Labute approximate surface area is 138 Å². The zero-order valence-corrected chi connectivity index (χ0v) is 15.1. The van der Waals surface area contributed by atoms with Crippen LogP contribution in [-0.2, 0) is 20.2 Å². The molecular weight excluding hydrogens is 312 g/mol. The number of nitrogens with zero attached hydrogens (tertiary/aromatic N) is 1. The van der Waals surface area contributed by atoms with Gasteiger partial charge in [-0.05, 0) is 42.4 Å². The van der Waals surface area contributed by atoms with Crippen molar-refractivity contribution in [2.24, 2.45) is 11.7 Å². The molecule has 1 aliphatic heterocycles. The number of amides is 1. The van der Waals surface area contributed by atoms with Crippen molar-refractivity contribution in [2.45, 2.75) is 50.8 Å². The molecule has 0 radical (unpaired) electrons. The third-order valence-corrected chi connectivity index (χ3v) is 6.47. The molecule has 1 unspecified atom stereocenters. The summed E-state index contributed by atoms with van der Waals surface area (Å²) in [6, 6.07) is 5.58. The van der Waals surface area contributed by atoms with E-state index in [1.807, 2.05) is 12.1 Å². The minimum absolute atomic E-state index is 0.129. The third-order valence-electron chi connectivity index (χ3n) is 4.46.